The van der Waals surface area contributed by atoms with Gasteiger partial charge in [0, 0.05) is 50.2 Å². The van der Waals surface area contributed by atoms with E-state index < -0.39 is 0 Å². The molecule has 0 spiro atoms. The van der Waals surface area contributed by atoms with Crippen molar-refractivity contribution >= 4 is 28.4 Å². The van der Waals surface area contributed by atoms with Crippen LogP contribution in [0.4, 0.5) is 11.6 Å². The first-order valence-electron chi connectivity index (χ1n) is 9.84. The van der Waals surface area contributed by atoms with Gasteiger partial charge in [-0.25, -0.2) is 9.97 Å². The molecule has 8 nitrogen and oxygen atoms in total. The first kappa shape index (κ1) is 20.5. The Morgan fingerprint density at radius 3 is 2.68 bits per heavy atom. The molecule has 1 amide bonds. The summed E-state index contributed by atoms with van der Waals surface area (Å²) in [6.45, 7) is 2.51. The smallest absolute Gasteiger partial charge is 0.269 e. The van der Waals surface area contributed by atoms with E-state index in [1.807, 2.05) is 43.3 Å². The minimum atomic E-state index is -0.0654. The molecule has 2 N–H and O–H groups in total. The minimum Gasteiger partial charge on any atom is -0.380 e. The number of aromatic amines is 1. The van der Waals surface area contributed by atoms with Crippen LogP contribution in [0, 0.1) is 6.92 Å². The van der Waals surface area contributed by atoms with Crippen LogP contribution in [0.5, 0.6) is 0 Å². The largest absolute Gasteiger partial charge is 0.380 e. The van der Waals surface area contributed by atoms with Gasteiger partial charge >= 0.3 is 0 Å². The van der Waals surface area contributed by atoms with Gasteiger partial charge in [0.05, 0.1) is 18.0 Å². The molecule has 3 aromatic heterocycles. The number of ether oxygens (including phenoxy) is 1. The normalized spacial score (nSPS) is 11.0. The molecule has 1 aromatic carbocycles. The number of pyridine rings is 1. The van der Waals surface area contributed by atoms with Crippen molar-refractivity contribution in [2.24, 2.45) is 0 Å². The van der Waals surface area contributed by atoms with Crippen molar-refractivity contribution in [1.29, 1.82) is 0 Å². The van der Waals surface area contributed by atoms with E-state index in [-0.39, 0.29) is 5.91 Å². The second kappa shape index (κ2) is 8.53. The van der Waals surface area contributed by atoms with E-state index >= 15 is 0 Å². The van der Waals surface area contributed by atoms with Crippen molar-refractivity contribution in [3.05, 3.63) is 65.6 Å². The topological polar surface area (TPSA) is 96.0 Å². The SMILES string of the molecule is COCc1ccnc(-c2ccnc(Nc3cc(C)c4[nH]c(C(=O)N(C)C)cc4c3)n2)c1. The molecule has 0 aliphatic heterocycles. The van der Waals surface area contributed by atoms with Gasteiger partial charge in [0.1, 0.15) is 5.69 Å². The van der Waals surface area contributed by atoms with E-state index in [0.717, 1.165) is 33.4 Å². The average Bonchev–Trinajstić information content (AvgIpc) is 3.18. The summed E-state index contributed by atoms with van der Waals surface area (Å²) in [6.07, 6.45) is 3.44. The Morgan fingerprint density at radius 1 is 1.10 bits per heavy atom. The molecule has 0 unspecified atom stereocenters. The number of aromatic nitrogens is 4. The molecule has 4 aromatic rings. The molecule has 0 bridgehead atoms. The number of H-pyrrole nitrogens is 1. The third-order valence-electron chi connectivity index (χ3n) is 4.87. The zero-order valence-electron chi connectivity index (χ0n) is 17.9. The lowest BCUT2D eigenvalue weighted by Crippen LogP contribution is -2.21. The van der Waals surface area contributed by atoms with Crippen molar-refractivity contribution in [3.63, 3.8) is 0 Å². The van der Waals surface area contributed by atoms with Gasteiger partial charge in [-0.15, -0.1) is 0 Å². The standard InChI is InChI=1S/C23H24N6O2/c1-14-9-17(11-16-12-20(27-21(14)16)22(30)29(2)3)26-23-25-8-6-18(28-23)19-10-15(13-31-4)5-7-24-19/h5-12,27H,13H2,1-4H3,(H,25,26,28). The van der Waals surface area contributed by atoms with Crippen LogP contribution in [-0.4, -0.2) is 51.9 Å². The van der Waals surface area contributed by atoms with Crippen molar-refractivity contribution in [2.75, 3.05) is 26.5 Å². The van der Waals surface area contributed by atoms with Gasteiger partial charge in [0.15, 0.2) is 0 Å². The number of nitrogens with one attached hydrogen (secondary N) is 2. The summed E-state index contributed by atoms with van der Waals surface area (Å²) in [4.78, 5) is 30.4. The number of carbonyl (C=O) groups is 1. The van der Waals surface area contributed by atoms with E-state index in [9.17, 15) is 4.79 Å². The molecule has 0 saturated heterocycles. The molecular formula is C23H24N6O2. The fraction of sp³-hybridized carbons (Fsp3) is 0.217. The van der Waals surface area contributed by atoms with Crippen LogP contribution >= 0.6 is 0 Å². The summed E-state index contributed by atoms with van der Waals surface area (Å²) >= 11 is 0. The number of methoxy groups -OCH3 is 1. The molecule has 0 aliphatic rings. The van der Waals surface area contributed by atoms with E-state index in [2.05, 4.69) is 25.3 Å². The number of aryl methyl sites for hydroxylation is 1. The quantitative estimate of drug-likeness (QED) is 0.495. The van der Waals surface area contributed by atoms with Gasteiger partial charge in [0.2, 0.25) is 5.95 Å². The van der Waals surface area contributed by atoms with Crippen LogP contribution in [0.25, 0.3) is 22.3 Å². The number of carbonyl (C=O) groups excluding carboxylic acids is 1. The minimum absolute atomic E-state index is 0.0654. The van der Waals surface area contributed by atoms with Gasteiger partial charge in [-0.1, -0.05) is 0 Å². The first-order chi connectivity index (χ1) is 14.9. The number of benzene rings is 1. The number of rotatable bonds is 6. The van der Waals surface area contributed by atoms with Gasteiger partial charge in [-0.3, -0.25) is 9.78 Å². The molecule has 0 fully saturated rings. The zero-order valence-corrected chi connectivity index (χ0v) is 17.9. The third-order valence-corrected chi connectivity index (χ3v) is 4.87. The van der Waals surface area contributed by atoms with Gasteiger partial charge in [0.25, 0.3) is 5.91 Å². The highest BCUT2D eigenvalue weighted by Crippen LogP contribution is 2.26. The predicted octanol–water partition coefficient (Wildman–Crippen LogP) is 3.92. The maximum Gasteiger partial charge on any atom is 0.269 e. The fourth-order valence-electron chi connectivity index (χ4n) is 3.42. The van der Waals surface area contributed by atoms with Crippen LogP contribution in [0.2, 0.25) is 0 Å². The molecule has 158 valence electrons. The molecule has 31 heavy (non-hydrogen) atoms. The second-order valence-corrected chi connectivity index (χ2v) is 7.51. The Balaban J connectivity index is 1.63. The van der Waals surface area contributed by atoms with E-state index in [0.29, 0.717) is 23.9 Å². The van der Waals surface area contributed by atoms with Crippen molar-refractivity contribution in [3.8, 4) is 11.4 Å². The predicted molar refractivity (Wildman–Crippen MR) is 120 cm³/mol. The van der Waals surface area contributed by atoms with Crippen LogP contribution in [-0.2, 0) is 11.3 Å². The maximum absolute atomic E-state index is 12.3. The number of amides is 1. The molecule has 0 saturated carbocycles. The van der Waals surface area contributed by atoms with Gasteiger partial charge in [-0.2, -0.15) is 0 Å². The van der Waals surface area contributed by atoms with Gasteiger partial charge < -0.3 is 19.9 Å². The molecular weight excluding hydrogens is 392 g/mol. The monoisotopic (exact) mass is 416 g/mol. The maximum atomic E-state index is 12.3. The van der Waals surface area contributed by atoms with Crippen molar-refractivity contribution in [2.45, 2.75) is 13.5 Å². The van der Waals surface area contributed by atoms with Crippen molar-refractivity contribution < 1.29 is 9.53 Å². The average molecular weight is 416 g/mol. The Kier molecular flexibility index (Phi) is 5.64. The highest BCUT2D eigenvalue weighted by molar-refractivity contribution is 5.99. The lowest BCUT2D eigenvalue weighted by Gasteiger charge is -2.09. The number of hydrogen-bond acceptors (Lipinski definition) is 6. The van der Waals surface area contributed by atoms with E-state index in [1.165, 1.54) is 0 Å². The lowest BCUT2D eigenvalue weighted by molar-refractivity contribution is 0.0823. The molecule has 0 atom stereocenters. The molecule has 0 aliphatic carbocycles. The number of hydrogen-bond donors (Lipinski definition) is 2. The number of nitrogens with zero attached hydrogens (tertiary/aromatic N) is 4. The number of fused-ring (bicyclic) bond motifs is 1. The lowest BCUT2D eigenvalue weighted by atomic mass is 10.1. The summed E-state index contributed by atoms with van der Waals surface area (Å²) < 4.78 is 5.20. The molecule has 3 heterocycles. The Labute approximate surface area is 180 Å². The third kappa shape index (κ3) is 4.39. The van der Waals surface area contributed by atoms with Crippen LogP contribution in [0.3, 0.4) is 0 Å². The molecule has 0 radical (unpaired) electrons. The highest BCUT2D eigenvalue weighted by atomic mass is 16.5. The number of anilines is 2. The van der Waals surface area contributed by atoms with Crippen LogP contribution in [0.1, 0.15) is 21.6 Å². The molecule has 4 rings (SSSR count). The summed E-state index contributed by atoms with van der Waals surface area (Å²) in [6, 6.07) is 11.5. The summed E-state index contributed by atoms with van der Waals surface area (Å²) in [5.74, 6) is 0.402. The Bertz CT molecular complexity index is 1250. The van der Waals surface area contributed by atoms with Gasteiger partial charge in [-0.05, 0) is 54.4 Å². The Hall–Kier alpha value is -3.78. The second-order valence-electron chi connectivity index (χ2n) is 7.51. The fourth-order valence-corrected chi connectivity index (χ4v) is 3.42. The summed E-state index contributed by atoms with van der Waals surface area (Å²) in [7, 11) is 5.13. The van der Waals surface area contributed by atoms with E-state index in [1.54, 1.807) is 38.5 Å². The molecule has 8 heteroatoms. The first-order valence-corrected chi connectivity index (χ1v) is 9.84. The Morgan fingerprint density at radius 2 is 1.90 bits per heavy atom. The highest BCUT2D eigenvalue weighted by Gasteiger charge is 2.13. The summed E-state index contributed by atoms with van der Waals surface area (Å²) in [5, 5.41) is 4.21. The zero-order chi connectivity index (χ0) is 22.0. The van der Waals surface area contributed by atoms with E-state index in [4.69, 9.17) is 4.74 Å². The summed E-state index contributed by atoms with van der Waals surface area (Å²) in [5.41, 5.74) is 5.84. The van der Waals surface area contributed by atoms with Crippen molar-refractivity contribution in [1.82, 2.24) is 24.8 Å². The van der Waals surface area contributed by atoms with Crippen LogP contribution in [0.15, 0.2) is 48.8 Å². The van der Waals surface area contributed by atoms with Crippen LogP contribution < -0.4 is 5.32 Å².